The minimum absolute atomic E-state index is 0.447. The molecule has 0 radical (unpaired) electrons. The SMILES string of the molecule is C=CCOCCOCCOCCOCCOCCOc1ccc(C=O)cc1. The van der Waals surface area contributed by atoms with Crippen LogP contribution in [0.5, 0.6) is 5.75 Å². The van der Waals surface area contributed by atoms with Gasteiger partial charge in [-0.3, -0.25) is 4.79 Å². The Morgan fingerprint density at radius 1 is 0.667 bits per heavy atom. The van der Waals surface area contributed by atoms with Crippen molar-refractivity contribution in [2.24, 2.45) is 0 Å². The maximum Gasteiger partial charge on any atom is 0.150 e. The monoisotopic (exact) mass is 382 g/mol. The van der Waals surface area contributed by atoms with Crippen LogP contribution in [0.1, 0.15) is 10.4 Å². The molecule has 0 aliphatic heterocycles. The van der Waals surface area contributed by atoms with E-state index in [9.17, 15) is 4.79 Å². The third-order valence-corrected chi connectivity index (χ3v) is 3.24. The first-order chi connectivity index (χ1) is 13.4. The first-order valence-corrected chi connectivity index (χ1v) is 9.04. The molecule has 27 heavy (non-hydrogen) atoms. The van der Waals surface area contributed by atoms with E-state index in [1.54, 1.807) is 30.3 Å². The van der Waals surface area contributed by atoms with Crippen LogP contribution in [0.15, 0.2) is 36.9 Å². The highest BCUT2D eigenvalue weighted by Gasteiger charge is 1.96. The molecule has 0 heterocycles. The number of hydrogen-bond acceptors (Lipinski definition) is 7. The van der Waals surface area contributed by atoms with E-state index in [-0.39, 0.29) is 0 Å². The Labute approximate surface area is 161 Å². The van der Waals surface area contributed by atoms with Crippen molar-refractivity contribution in [1.29, 1.82) is 0 Å². The first-order valence-electron chi connectivity index (χ1n) is 9.04. The summed E-state index contributed by atoms with van der Waals surface area (Å²) in [4.78, 5) is 10.6. The summed E-state index contributed by atoms with van der Waals surface area (Å²) in [5.74, 6) is 0.714. The lowest BCUT2D eigenvalue weighted by atomic mass is 10.2. The highest BCUT2D eigenvalue weighted by molar-refractivity contribution is 5.74. The van der Waals surface area contributed by atoms with Gasteiger partial charge in [0, 0.05) is 5.56 Å². The molecule has 0 aromatic heterocycles. The van der Waals surface area contributed by atoms with Gasteiger partial charge in [-0.1, -0.05) is 6.08 Å². The quantitative estimate of drug-likeness (QED) is 0.206. The highest BCUT2D eigenvalue weighted by atomic mass is 16.6. The Morgan fingerprint density at radius 3 is 1.56 bits per heavy atom. The molecule has 1 rings (SSSR count). The summed E-state index contributed by atoms with van der Waals surface area (Å²) in [7, 11) is 0. The minimum Gasteiger partial charge on any atom is -0.491 e. The molecule has 0 amide bonds. The number of carbonyl (C=O) groups is 1. The van der Waals surface area contributed by atoms with E-state index < -0.39 is 0 Å². The summed E-state index contributed by atoms with van der Waals surface area (Å²) >= 11 is 0. The molecule has 0 atom stereocenters. The molecule has 0 saturated carbocycles. The standard InChI is InChI=1S/C20H30O7/c1-2-7-22-8-9-23-10-11-24-12-13-25-14-15-26-16-17-27-20-5-3-19(18-21)4-6-20/h2-6,18H,1,7-17H2. The molecular formula is C20H30O7. The van der Waals surface area contributed by atoms with Crippen LogP contribution in [-0.2, 0) is 23.7 Å². The van der Waals surface area contributed by atoms with Crippen LogP contribution in [0.2, 0.25) is 0 Å². The Kier molecular flexibility index (Phi) is 15.2. The number of rotatable bonds is 19. The van der Waals surface area contributed by atoms with E-state index in [4.69, 9.17) is 28.4 Å². The van der Waals surface area contributed by atoms with Gasteiger partial charge in [-0.2, -0.15) is 0 Å². The van der Waals surface area contributed by atoms with E-state index in [0.29, 0.717) is 84.0 Å². The zero-order chi connectivity index (χ0) is 19.4. The van der Waals surface area contributed by atoms with E-state index >= 15 is 0 Å². The van der Waals surface area contributed by atoms with Gasteiger partial charge in [-0.25, -0.2) is 0 Å². The van der Waals surface area contributed by atoms with Crippen LogP contribution in [0.25, 0.3) is 0 Å². The fourth-order valence-electron chi connectivity index (χ4n) is 1.91. The van der Waals surface area contributed by atoms with E-state index in [1.807, 2.05) is 0 Å². The van der Waals surface area contributed by atoms with Gasteiger partial charge in [-0.15, -0.1) is 6.58 Å². The first kappa shape index (κ1) is 23.3. The van der Waals surface area contributed by atoms with Gasteiger partial charge >= 0.3 is 0 Å². The molecule has 0 saturated heterocycles. The number of aldehydes is 1. The molecule has 7 nitrogen and oxygen atoms in total. The predicted octanol–water partition coefficient (Wildman–Crippen LogP) is 2.15. The van der Waals surface area contributed by atoms with Crippen LogP contribution in [0.4, 0.5) is 0 Å². The topological polar surface area (TPSA) is 72.5 Å². The maximum atomic E-state index is 10.6. The molecule has 1 aromatic carbocycles. The Balaban J connectivity index is 1.76. The van der Waals surface area contributed by atoms with Gasteiger partial charge in [-0.05, 0) is 24.3 Å². The maximum absolute atomic E-state index is 10.6. The third kappa shape index (κ3) is 14.0. The summed E-state index contributed by atoms with van der Waals surface area (Å²) in [6, 6.07) is 6.94. The largest absolute Gasteiger partial charge is 0.491 e. The normalized spacial score (nSPS) is 10.7. The highest BCUT2D eigenvalue weighted by Crippen LogP contribution is 2.10. The molecule has 0 fully saturated rings. The van der Waals surface area contributed by atoms with Crippen molar-refractivity contribution in [3.8, 4) is 5.75 Å². The molecule has 0 aliphatic carbocycles. The third-order valence-electron chi connectivity index (χ3n) is 3.24. The van der Waals surface area contributed by atoms with E-state index in [1.165, 1.54) is 0 Å². The zero-order valence-electron chi connectivity index (χ0n) is 15.8. The summed E-state index contributed by atoms with van der Waals surface area (Å²) in [5, 5.41) is 0. The summed E-state index contributed by atoms with van der Waals surface area (Å²) < 4.78 is 32.2. The molecule has 0 spiro atoms. The lowest BCUT2D eigenvalue weighted by Crippen LogP contribution is -2.14. The van der Waals surface area contributed by atoms with Gasteiger partial charge in [0.1, 0.15) is 18.6 Å². The summed E-state index contributed by atoms with van der Waals surface area (Å²) in [5.41, 5.74) is 0.626. The van der Waals surface area contributed by atoms with Crippen LogP contribution < -0.4 is 4.74 Å². The lowest BCUT2D eigenvalue weighted by Gasteiger charge is -2.08. The number of benzene rings is 1. The van der Waals surface area contributed by atoms with Gasteiger partial charge in [0.05, 0.1) is 66.1 Å². The molecular weight excluding hydrogens is 352 g/mol. The van der Waals surface area contributed by atoms with Crippen molar-refractivity contribution in [1.82, 2.24) is 0 Å². The van der Waals surface area contributed by atoms with Crippen LogP contribution in [-0.4, -0.2) is 79.0 Å². The van der Waals surface area contributed by atoms with Crippen LogP contribution >= 0.6 is 0 Å². The molecule has 0 bridgehead atoms. The minimum atomic E-state index is 0.447. The second-order valence-corrected chi connectivity index (χ2v) is 5.35. The molecule has 0 aliphatic rings. The van der Waals surface area contributed by atoms with Crippen molar-refractivity contribution >= 4 is 6.29 Å². The average Bonchev–Trinajstić information content (AvgIpc) is 2.70. The number of hydrogen-bond donors (Lipinski definition) is 0. The van der Waals surface area contributed by atoms with Crippen LogP contribution in [0.3, 0.4) is 0 Å². The fraction of sp³-hybridized carbons (Fsp3) is 0.550. The van der Waals surface area contributed by atoms with Crippen molar-refractivity contribution < 1.29 is 33.2 Å². The van der Waals surface area contributed by atoms with Crippen LogP contribution in [0, 0.1) is 0 Å². The predicted molar refractivity (Wildman–Crippen MR) is 102 cm³/mol. The van der Waals surface area contributed by atoms with Crippen molar-refractivity contribution in [2.75, 3.05) is 72.7 Å². The number of ether oxygens (including phenoxy) is 6. The van der Waals surface area contributed by atoms with Crippen molar-refractivity contribution in [2.45, 2.75) is 0 Å². The molecule has 7 heteroatoms. The Hall–Kier alpha value is -1.77. The van der Waals surface area contributed by atoms with Gasteiger partial charge in [0.2, 0.25) is 0 Å². The van der Waals surface area contributed by atoms with Gasteiger partial charge < -0.3 is 28.4 Å². The Bertz CT molecular complexity index is 476. The van der Waals surface area contributed by atoms with E-state index in [0.717, 1.165) is 6.29 Å². The fourth-order valence-corrected chi connectivity index (χ4v) is 1.91. The van der Waals surface area contributed by atoms with Crippen molar-refractivity contribution in [3.63, 3.8) is 0 Å². The van der Waals surface area contributed by atoms with E-state index in [2.05, 4.69) is 6.58 Å². The lowest BCUT2D eigenvalue weighted by molar-refractivity contribution is -0.0112. The molecule has 1 aromatic rings. The smallest absolute Gasteiger partial charge is 0.150 e. The molecule has 0 N–H and O–H groups in total. The number of carbonyl (C=O) groups excluding carboxylic acids is 1. The van der Waals surface area contributed by atoms with Gasteiger partial charge in [0.25, 0.3) is 0 Å². The van der Waals surface area contributed by atoms with Crippen molar-refractivity contribution in [3.05, 3.63) is 42.5 Å². The van der Waals surface area contributed by atoms with Gasteiger partial charge in [0.15, 0.2) is 0 Å². The molecule has 152 valence electrons. The average molecular weight is 382 g/mol. The second kappa shape index (κ2) is 17.6. The summed E-state index contributed by atoms with van der Waals surface area (Å²) in [6.07, 6.45) is 2.51. The zero-order valence-corrected chi connectivity index (χ0v) is 15.8. The molecule has 0 unspecified atom stereocenters. The second-order valence-electron chi connectivity index (χ2n) is 5.35. The Morgan fingerprint density at radius 2 is 1.11 bits per heavy atom. The summed E-state index contributed by atoms with van der Waals surface area (Å²) in [6.45, 7) is 9.28.